The maximum absolute atomic E-state index is 11.0. The lowest BCUT2D eigenvalue weighted by Gasteiger charge is -2.20. The molecule has 2 aromatic rings. The summed E-state index contributed by atoms with van der Waals surface area (Å²) in [6, 6.07) is 10.8. The molecule has 3 rings (SSSR count). The molecule has 1 aliphatic heterocycles. The maximum Gasteiger partial charge on any atom is 0.221 e. The number of benzene rings is 2. The van der Waals surface area contributed by atoms with Crippen molar-refractivity contribution in [3.8, 4) is 23.0 Å². The van der Waals surface area contributed by atoms with Crippen LogP contribution in [0.1, 0.15) is 6.92 Å². The Kier molecular flexibility index (Phi) is 2.61. The van der Waals surface area contributed by atoms with E-state index in [0.717, 1.165) is 5.69 Å². The van der Waals surface area contributed by atoms with E-state index in [-0.39, 0.29) is 5.91 Å². The van der Waals surface area contributed by atoms with Crippen molar-refractivity contribution in [1.29, 1.82) is 0 Å². The molecule has 4 N–H and O–H groups in total. The van der Waals surface area contributed by atoms with Crippen molar-refractivity contribution in [2.75, 3.05) is 5.32 Å². The zero-order valence-corrected chi connectivity index (χ0v) is 10.4. The van der Waals surface area contributed by atoms with Gasteiger partial charge < -0.3 is 20.5 Å². The summed E-state index contributed by atoms with van der Waals surface area (Å²) in [4.78, 5) is 11.0. The zero-order chi connectivity index (χ0) is 13.4. The van der Waals surface area contributed by atoms with Crippen LogP contribution in [0.3, 0.4) is 0 Å². The summed E-state index contributed by atoms with van der Waals surface area (Å²) in [5, 5.41) is 2.70. The van der Waals surface area contributed by atoms with Crippen molar-refractivity contribution < 1.29 is 20.0 Å². The molecule has 96 valence electrons. The van der Waals surface area contributed by atoms with E-state index < -0.39 is 0 Å². The molecule has 0 unspecified atom stereocenters. The topological polar surface area (TPSA) is 75.2 Å². The number of carbonyl (C=O) groups excluding carboxylic acids is 1. The van der Waals surface area contributed by atoms with E-state index in [9.17, 15) is 4.79 Å². The van der Waals surface area contributed by atoms with Gasteiger partial charge in [-0.25, -0.2) is 0 Å². The molecule has 1 aliphatic rings. The lowest BCUT2D eigenvalue weighted by molar-refractivity contribution is -0.254. The van der Waals surface area contributed by atoms with Gasteiger partial charge in [0.15, 0.2) is 23.0 Å². The van der Waals surface area contributed by atoms with Crippen LogP contribution in [0.25, 0.3) is 0 Å². The molecule has 0 bridgehead atoms. The van der Waals surface area contributed by atoms with Crippen molar-refractivity contribution in [3.63, 3.8) is 0 Å². The van der Waals surface area contributed by atoms with Gasteiger partial charge in [0.05, 0.1) is 0 Å². The molecule has 5 nitrogen and oxygen atoms in total. The normalized spacial score (nSPS) is 11.7. The number of nitrogens with one attached hydrogen (secondary N) is 1. The van der Waals surface area contributed by atoms with Gasteiger partial charge in [0, 0.05) is 30.8 Å². The van der Waals surface area contributed by atoms with E-state index >= 15 is 0 Å². The molecular formula is C14H13N2O3+. The Bertz CT molecular complexity index is 668. The predicted octanol–water partition coefficient (Wildman–Crippen LogP) is 2.42. The molecular weight excluding hydrogens is 244 g/mol. The minimum absolute atomic E-state index is 0.128. The Morgan fingerprint density at radius 1 is 1.00 bits per heavy atom. The summed E-state index contributed by atoms with van der Waals surface area (Å²) in [6.45, 7) is 1.46. The fraction of sp³-hybridized carbons (Fsp3) is 0.0714. The van der Waals surface area contributed by atoms with Gasteiger partial charge in [-0.2, -0.15) is 0 Å². The second kappa shape index (κ2) is 4.29. The number of anilines is 1. The van der Waals surface area contributed by atoms with Crippen LogP contribution in [0.4, 0.5) is 11.4 Å². The van der Waals surface area contributed by atoms with Crippen LogP contribution in [0.15, 0.2) is 36.4 Å². The molecule has 0 aliphatic carbocycles. The summed E-state index contributed by atoms with van der Waals surface area (Å²) in [6.07, 6.45) is 0. The number of ether oxygens (including phenoxy) is 2. The van der Waals surface area contributed by atoms with Gasteiger partial charge in [-0.3, -0.25) is 4.79 Å². The SMILES string of the molecule is CC(=O)Nc1ccc2c(c1)Oc1cc([NH3+])ccc1O2. The summed E-state index contributed by atoms with van der Waals surface area (Å²) in [7, 11) is 0. The zero-order valence-electron chi connectivity index (χ0n) is 10.4. The second-order valence-electron chi connectivity index (χ2n) is 4.33. The minimum Gasteiger partial charge on any atom is -0.450 e. The molecule has 2 aromatic carbocycles. The van der Waals surface area contributed by atoms with Gasteiger partial charge in [0.2, 0.25) is 5.91 Å². The molecule has 0 atom stereocenters. The molecule has 0 spiro atoms. The molecule has 1 amide bonds. The summed E-state index contributed by atoms with van der Waals surface area (Å²) >= 11 is 0. The van der Waals surface area contributed by atoms with Crippen LogP contribution < -0.4 is 20.5 Å². The molecule has 19 heavy (non-hydrogen) atoms. The number of carbonyl (C=O) groups is 1. The fourth-order valence-corrected chi connectivity index (χ4v) is 1.91. The third-order valence-electron chi connectivity index (χ3n) is 2.71. The largest absolute Gasteiger partial charge is 0.450 e. The van der Waals surface area contributed by atoms with Gasteiger partial charge in [0.25, 0.3) is 0 Å². The van der Waals surface area contributed by atoms with Crippen molar-refractivity contribution >= 4 is 17.3 Å². The molecule has 0 saturated heterocycles. The minimum atomic E-state index is -0.128. The van der Waals surface area contributed by atoms with E-state index in [2.05, 4.69) is 11.1 Å². The third kappa shape index (κ3) is 2.23. The highest BCUT2D eigenvalue weighted by Gasteiger charge is 2.19. The highest BCUT2D eigenvalue weighted by atomic mass is 16.6. The van der Waals surface area contributed by atoms with Gasteiger partial charge in [-0.15, -0.1) is 0 Å². The van der Waals surface area contributed by atoms with E-state index in [0.29, 0.717) is 28.7 Å². The molecule has 0 fully saturated rings. The number of hydrogen-bond acceptors (Lipinski definition) is 3. The maximum atomic E-state index is 11.0. The average molecular weight is 257 g/mol. The predicted molar refractivity (Wildman–Crippen MR) is 69.9 cm³/mol. The standard InChI is InChI=1S/C14H12N2O3/c1-8(17)16-10-3-5-12-14(7-10)19-13-6-9(15)2-4-11(13)18-12/h2-7H,15H2,1H3,(H,16,17)/p+1. The van der Waals surface area contributed by atoms with Crippen LogP contribution in [-0.2, 0) is 4.79 Å². The van der Waals surface area contributed by atoms with Crippen molar-refractivity contribution in [3.05, 3.63) is 36.4 Å². The smallest absolute Gasteiger partial charge is 0.221 e. The van der Waals surface area contributed by atoms with Crippen LogP contribution in [0, 0.1) is 0 Å². The quantitative estimate of drug-likeness (QED) is 0.703. The highest BCUT2D eigenvalue weighted by molar-refractivity contribution is 5.89. The molecule has 0 aromatic heterocycles. The van der Waals surface area contributed by atoms with Crippen LogP contribution in [-0.4, -0.2) is 5.91 Å². The van der Waals surface area contributed by atoms with Crippen LogP contribution >= 0.6 is 0 Å². The highest BCUT2D eigenvalue weighted by Crippen LogP contribution is 2.46. The third-order valence-corrected chi connectivity index (χ3v) is 2.71. The number of rotatable bonds is 1. The first kappa shape index (κ1) is 11.6. The monoisotopic (exact) mass is 257 g/mol. The van der Waals surface area contributed by atoms with Crippen molar-refractivity contribution in [1.82, 2.24) is 0 Å². The summed E-state index contributed by atoms with van der Waals surface area (Å²) in [5.41, 5.74) is 5.37. The summed E-state index contributed by atoms with van der Waals surface area (Å²) in [5.74, 6) is 2.35. The fourth-order valence-electron chi connectivity index (χ4n) is 1.91. The Balaban J connectivity index is 1.96. The average Bonchev–Trinajstić information content (AvgIpc) is 2.35. The first-order valence-corrected chi connectivity index (χ1v) is 5.85. The number of hydrogen-bond donors (Lipinski definition) is 2. The van der Waals surface area contributed by atoms with Gasteiger partial charge in [0.1, 0.15) is 5.69 Å². The number of amides is 1. The Morgan fingerprint density at radius 3 is 2.37 bits per heavy atom. The first-order chi connectivity index (χ1) is 9.11. The lowest BCUT2D eigenvalue weighted by Crippen LogP contribution is -2.39. The Morgan fingerprint density at radius 2 is 1.63 bits per heavy atom. The molecule has 1 heterocycles. The molecule has 0 radical (unpaired) electrons. The van der Waals surface area contributed by atoms with Gasteiger partial charge >= 0.3 is 0 Å². The van der Waals surface area contributed by atoms with E-state index in [1.165, 1.54) is 6.92 Å². The van der Waals surface area contributed by atoms with Crippen molar-refractivity contribution in [2.45, 2.75) is 6.92 Å². The number of fused-ring (bicyclic) bond motifs is 2. The van der Waals surface area contributed by atoms with E-state index in [1.807, 2.05) is 18.2 Å². The lowest BCUT2D eigenvalue weighted by atomic mass is 10.2. The molecule has 5 heteroatoms. The molecule has 0 saturated carbocycles. The van der Waals surface area contributed by atoms with Gasteiger partial charge in [-0.1, -0.05) is 0 Å². The van der Waals surface area contributed by atoms with Gasteiger partial charge in [-0.05, 0) is 18.2 Å². The summed E-state index contributed by atoms with van der Waals surface area (Å²) < 4.78 is 11.5. The first-order valence-electron chi connectivity index (χ1n) is 5.85. The second-order valence-corrected chi connectivity index (χ2v) is 4.33. The van der Waals surface area contributed by atoms with E-state index in [1.54, 1.807) is 18.2 Å². The van der Waals surface area contributed by atoms with Crippen LogP contribution in [0.5, 0.6) is 23.0 Å². The van der Waals surface area contributed by atoms with Crippen molar-refractivity contribution in [2.24, 2.45) is 0 Å². The Hall–Kier alpha value is -2.53. The Labute approximate surface area is 109 Å². The van der Waals surface area contributed by atoms with Crippen LogP contribution in [0.2, 0.25) is 0 Å². The van der Waals surface area contributed by atoms with E-state index in [4.69, 9.17) is 9.47 Å². The number of quaternary nitrogens is 1.